The Hall–Kier alpha value is -3.03. The third kappa shape index (κ3) is 5.28. The van der Waals surface area contributed by atoms with E-state index in [1.807, 2.05) is 13.0 Å². The molecule has 6 nitrogen and oxygen atoms in total. The first-order valence-corrected chi connectivity index (χ1v) is 10.7. The number of benzene rings is 3. The number of hydrogen-bond acceptors (Lipinski definition) is 4. The maximum Gasteiger partial charge on any atom is 0.261 e. The molecule has 0 atom stereocenters. The molecule has 8 heteroatoms. The van der Waals surface area contributed by atoms with Crippen LogP contribution in [0.1, 0.15) is 17.3 Å². The van der Waals surface area contributed by atoms with Crippen molar-refractivity contribution in [1.82, 2.24) is 0 Å². The molecule has 150 valence electrons. The fourth-order valence-corrected chi connectivity index (χ4v) is 3.75. The van der Waals surface area contributed by atoms with Crippen LogP contribution in [0.25, 0.3) is 0 Å². The van der Waals surface area contributed by atoms with Crippen LogP contribution in [0.2, 0.25) is 5.02 Å². The molecule has 3 rings (SSSR count). The number of hydrogen-bond donors (Lipinski definition) is 2. The highest BCUT2D eigenvalue weighted by molar-refractivity contribution is 7.92. The summed E-state index contributed by atoms with van der Waals surface area (Å²) in [5, 5.41) is 3.24. The summed E-state index contributed by atoms with van der Waals surface area (Å²) in [6, 6.07) is 19.1. The molecule has 0 aliphatic rings. The molecule has 3 aromatic carbocycles. The fraction of sp³-hybridized carbons (Fsp3) is 0.0952. The highest BCUT2D eigenvalue weighted by Gasteiger charge is 2.15. The van der Waals surface area contributed by atoms with Crippen LogP contribution in [0.15, 0.2) is 77.7 Å². The van der Waals surface area contributed by atoms with Crippen molar-refractivity contribution in [3.8, 4) is 5.75 Å². The SMILES string of the molecule is CCOc1ccccc1NC(=O)c1ccc(NS(=O)(=O)c2ccc(Cl)cc2)cc1. The highest BCUT2D eigenvalue weighted by atomic mass is 35.5. The van der Waals surface area contributed by atoms with Crippen molar-refractivity contribution in [3.05, 3.63) is 83.4 Å². The van der Waals surface area contributed by atoms with E-state index >= 15 is 0 Å². The Bertz CT molecular complexity index is 1100. The second-order valence-corrected chi connectivity index (χ2v) is 8.14. The van der Waals surface area contributed by atoms with Crippen LogP contribution in [-0.4, -0.2) is 20.9 Å². The van der Waals surface area contributed by atoms with E-state index in [4.69, 9.17) is 16.3 Å². The Morgan fingerprint density at radius 1 is 0.966 bits per heavy atom. The van der Waals surface area contributed by atoms with Gasteiger partial charge in [-0.3, -0.25) is 9.52 Å². The van der Waals surface area contributed by atoms with Gasteiger partial charge in [-0.1, -0.05) is 23.7 Å². The molecule has 2 N–H and O–H groups in total. The molecule has 0 spiro atoms. The summed E-state index contributed by atoms with van der Waals surface area (Å²) < 4.78 is 32.8. The summed E-state index contributed by atoms with van der Waals surface area (Å²) in [7, 11) is -3.75. The van der Waals surface area contributed by atoms with Crippen LogP contribution in [0.3, 0.4) is 0 Å². The van der Waals surface area contributed by atoms with E-state index in [0.29, 0.717) is 34.3 Å². The van der Waals surface area contributed by atoms with E-state index < -0.39 is 10.0 Å². The average molecular weight is 431 g/mol. The molecule has 1 amide bonds. The molecule has 3 aromatic rings. The van der Waals surface area contributed by atoms with Crippen molar-refractivity contribution in [2.24, 2.45) is 0 Å². The Morgan fingerprint density at radius 2 is 1.62 bits per heavy atom. The fourth-order valence-electron chi connectivity index (χ4n) is 2.56. The van der Waals surface area contributed by atoms with Crippen molar-refractivity contribution in [2.75, 3.05) is 16.6 Å². The summed E-state index contributed by atoms with van der Waals surface area (Å²) >= 11 is 5.79. The Balaban J connectivity index is 1.71. The first-order chi connectivity index (χ1) is 13.9. The van der Waals surface area contributed by atoms with E-state index in [1.165, 1.54) is 36.4 Å². The summed E-state index contributed by atoms with van der Waals surface area (Å²) in [5.41, 5.74) is 1.28. The second-order valence-electron chi connectivity index (χ2n) is 6.02. The summed E-state index contributed by atoms with van der Waals surface area (Å²) in [5.74, 6) is 0.250. The normalized spacial score (nSPS) is 11.0. The van der Waals surface area contributed by atoms with Crippen LogP contribution >= 0.6 is 11.6 Å². The number of para-hydroxylation sites is 2. The smallest absolute Gasteiger partial charge is 0.261 e. The number of amides is 1. The second kappa shape index (κ2) is 8.98. The number of nitrogens with one attached hydrogen (secondary N) is 2. The highest BCUT2D eigenvalue weighted by Crippen LogP contribution is 2.25. The van der Waals surface area contributed by atoms with Gasteiger partial charge in [0.05, 0.1) is 17.2 Å². The number of ether oxygens (including phenoxy) is 1. The largest absolute Gasteiger partial charge is 0.492 e. The summed E-state index contributed by atoms with van der Waals surface area (Å²) in [6.45, 7) is 2.34. The zero-order valence-electron chi connectivity index (χ0n) is 15.6. The third-order valence-corrected chi connectivity index (χ3v) is 5.61. The molecular formula is C21H19ClN2O4S. The minimum absolute atomic E-state index is 0.0938. The van der Waals surface area contributed by atoms with Gasteiger partial charge in [-0.2, -0.15) is 0 Å². The molecule has 0 saturated carbocycles. The lowest BCUT2D eigenvalue weighted by atomic mass is 10.2. The van der Waals surface area contributed by atoms with Gasteiger partial charge in [0, 0.05) is 16.3 Å². The Morgan fingerprint density at radius 3 is 2.28 bits per heavy atom. The summed E-state index contributed by atoms with van der Waals surface area (Å²) in [6.07, 6.45) is 0. The van der Waals surface area contributed by atoms with Gasteiger partial charge < -0.3 is 10.1 Å². The molecule has 0 bridgehead atoms. The molecule has 0 heterocycles. The van der Waals surface area contributed by atoms with Crippen molar-refractivity contribution in [2.45, 2.75) is 11.8 Å². The van der Waals surface area contributed by atoms with Crippen molar-refractivity contribution in [3.63, 3.8) is 0 Å². The first kappa shape index (κ1) is 20.7. The van der Waals surface area contributed by atoms with Crippen LogP contribution in [0, 0.1) is 0 Å². The quantitative estimate of drug-likeness (QED) is 0.564. The average Bonchev–Trinajstić information content (AvgIpc) is 2.70. The lowest BCUT2D eigenvalue weighted by Gasteiger charge is -2.12. The number of sulfonamides is 1. The molecule has 0 aliphatic heterocycles. The van der Waals surface area contributed by atoms with Crippen LogP contribution < -0.4 is 14.8 Å². The minimum Gasteiger partial charge on any atom is -0.492 e. The lowest BCUT2D eigenvalue weighted by Crippen LogP contribution is -2.14. The lowest BCUT2D eigenvalue weighted by molar-refractivity contribution is 0.102. The molecule has 29 heavy (non-hydrogen) atoms. The van der Waals surface area contributed by atoms with Gasteiger partial charge in [-0.25, -0.2) is 8.42 Å². The number of anilines is 2. The number of halogens is 1. The van der Waals surface area contributed by atoms with Crippen LogP contribution in [-0.2, 0) is 10.0 Å². The molecule has 0 aliphatic carbocycles. The third-order valence-electron chi connectivity index (χ3n) is 3.96. The molecular weight excluding hydrogens is 412 g/mol. The zero-order chi connectivity index (χ0) is 20.9. The number of carbonyl (C=O) groups excluding carboxylic acids is 1. The van der Waals surface area contributed by atoms with Gasteiger partial charge in [-0.05, 0) is 67.6 Å². The molecule has 0 fully saturated rings. The predicted octanol–water partition coefficient (Wildman–Crippen LogP) is 4.79. The van der Waals surface area contributed by atoms with Crippen LogP contribution in [0.4, 0.5) is 11.4 Å². The van der Waals surface area contributed by atoms with Crippen LogP contribution in [0.5, 0.6) is 5.75 Å². The van der Waals surface area contributed by atoms with Crippen molar-refractivity contribution in [1.29, 1.82) is 0 Å². The predicted molar refractivity (Wildman–Crippen MR) is 114 cm³/mol. The van der Waals surface area contributed by atoms with Gasteiger partial charge in [-0.15, -0.1) is 0 Å². The Labute approximate surface area is 174 Å². The zero-order valence-corrected chi connectivity index (χ0v) is 17.1. The first-order valence-electron chi connectivity index (χ1n) is 8.80. The van der Waals surface area contributed by atoms with E-state index in [-0.39, 0.29) is 10.8 Å². The minimum atomic E-state index is -3.75. The van der Waals surface area contributed by atoms with Gasteiger partial charge in [0.2, 0.25) is 0 Å². The molecule has 0 aromatic heterocycles. The number of rotatable bonds is 7. The van der Waals surface area contributed by atoms with Gasteiger partial charge >= 0.3 is 0 Å². The van der Waals surface area contributed by atoms with Crippen molar-refractivity contribution >= 4 is 38.9 Å². The van der Waals surface area contributed by atoms with Crippen molar-refractivity contribution < 1.29 is 17.9 Å². The van der Waals surface area contributed by atoms with E-state index in [2.05, 4.69) is 10.0 Å². The van der Waals surface area contributed by atoms with Gasteiger partial charge in [0.25, 0.3) is 15.9 Å². The Kier molecular flexibility index (Phi) is 6.41. The molecule has 0 saturated heterocycles. The molecule has 0 unspecified atom stereocenters. The number of carbonyl (C=O) groups is 1. The maximum absolute atomic E-state index is 12.5. The van der Waals surface area contributed by atoms with E-state index in [0.717, 1.165) is 0 Å². The van der Waals surface area contributed by atoms with E-state index in [9.17, 15) is 13.2 Å². The van der Waals surface area contributed by atoms with Gasteiger partial charge in [0.15, 0.2) is 0 Å². The monoisotopic (exact) mass is 430 g/mol. The van der Waals surface area contributed by atoms with Gasteiger partial charge in [0.1, 0.15) is 5.75 Å². The summed E-state index contributed by atoms with van der Waals surface area (Å²) in [4.78, 5) is 12.6. The van der Waals surface area contributed by atoms with E-state index in [1.54, 1.807) is 30.3 Å². The molecule has 0 radical (unpaired) electrons. The maximum atomic E-state index is 12.5. The topological polar surface area (TPSA) is 84.5 Å². The standard InChI is InChI=1S/C21H19ClN2O4S/c1-2-28-20-6-4-3-5-19(20)23-21(25)15-7-11-17(12-8-15)24-29(26,27)18-13-9-16(22)10-14-18/h3-14,24H,2H2,1H3,(H,23,25).